The van der Waals surface area contributed by atoms with Crippen molar-refractivity contribution >= 4 is 5.91 Å². The summed E-state index contributed by atoms with van der Waals surface area (Å²) < 4.78 is 0. The molecule has 2 fully saturated rings. The van der Waals surface area contributed by atoms with E-state index in [2.05, 4.69) is 18.7 Å². The maximum atomic E-state index is 12.2. The van der Waals surface area contributed by atoms with Gasteiger partial charge in [-0.2, -0.15) is 0 Å². The summed E-state index contributed by atoms with van der Waals surface area (Å²) in [7, 11) is 0. The number of nitrogens with zero attached hydrogens (tertiary/aromatic N) is 2. The Kier molecular flexibility index (Phi) is 4.62. The highest BCUT2D eigenvalue weighted by Crippen LogP contribution is 2.26. The Labute approximate surface area is 110 Å². The van der Waals surface area contributed by atoms with E-state index in [-0.39, 0.29) is 0 Å². The van der Waals surface area contributed by atoms with Gasteiger partial charge in [0.2, 0.25) is 5.91 Å². The predicted octanol–water partition coefficient (Wildman–Crippen LogP) is 0.914. The molecule has 0 aromatic rings. The van der Waals surface area contributed by atoms with Gasteiger partial charge in [0.25, 0.3) is 0 Å². The highest BCUT2D eigenvalue weighted by atomic mass is 16.2. The number of hydrogen-bond donors (Lipinski definition) is 1. The van der Waals surface area contributed by atoms with Crippen LogP contribution in [0.25, 0.3) is 0 Å². The monoisotopic (exact) mass is 253 g/mol. The standard InChI is InChI=1S/C14H27N3O/c1-11-7-12(2)13(8-15)17(9-11)10-14(18)16-5-3-4-6-16/h11-13H,3-10,15H2,1-2H3. The van der Waals surface area contributed by atoms with Crippen molar-refractivity contribution in [2.45, 2.75) is 39.2 Å². The molecular weight excluding hydrogens is 226 g/mol. The zero-order valence-corrected chi connectivity index (χ0v) is 11.8. The average molecular weight is 253 g/mol. The lowest BCUT2D eigenvalue weighted by atomic mass is 9.85. The molecule has 0 bridgehead atoms. The van der Waals surface area contributed by atoms with Gasteiger partial charge in [-0.3, -0.25) is 9.69 Å². The van der Waals surface area contributed by atoms with E-state index in [9.17, 15) is 4.79 Å². The van der Waals surface area contributed by atoms with Crippen molar-refractivity contribution in [1.82, 2.24) is 9.80 Å². The Hall–Kier alpha value is -0.610. The number of likely N-dealkylation sites (tertiary alicyclic amines) is 2. The molecule has 4 heteroatoms. The van der Waals surface area contributed by atoms with Crippen LogP contribution < -0.4 is 5.73 Å². The van der Waals surface area contributed by atoms with E-state index in [1.807, 2.05) is 4.90 Å². The highest BCUT2D eigenvalue weighted by molar-refractivity contribution is 5.78. The van der Waals surface area contributed by atoms with Gasteiger partial charge in [0, 0.05) is 32.2 Å². The summed E-state index contributed by atoms with van der Waals surface area (Å²) in [5, 5.41) is 0. The van der Waals surface area contributed by atoms with Gasteiger partial charge in [0.15, 0.2) is 0 Å². The topological polar surface area (TPSA) is 49.6 Å². The van der Waals surface area contributed by atoms with Crippen molar-refractivity contribution in [3.05, 3.63) is 0 Å². The zero-order valence-electron chi connectivity index (χ0n) is 11.8. The number of rotatable bonds is 3. The van der Waals surface area contributed by atoms with Crippen LogP contribution in [-0.2, 0) is 4.79 Å². The molecule has 0 aliphatic carbocycles. The molecule has 0 saturated carbocycles. The Balaban J connectivity index is 1.94. The van der Waals surface area contributed by atoms with Gasteiger partial charge < -0.3 is 10.6 Å². The van der Waals surface area contributed by atoms with Crippen molar-refractivity contribution in [3.8, 4) is 0 Å². The molecule has 0 radical (unpaired) electrons. The number of carbonyl (C=O) groups excluding carboxylic acids is 1. The van der Waals surface area contributed by atoms with Crippen LogP contribution in [-0.4, -0.2) is 54.5 Å². The van der Waals surface area contributed by atoms with Crippen LogP contribution in [0.15, 0.2) is 0 Å². The summed E-state index contributed by atoms with van der Waals surface area (Å²) in [6.45, 7) is 8.69. The molecule has 104 valence electrons. The summed E-state index contributed by atoms with van der Waals surface area (Å²) in [6, 6.07) is 0.382. The molecule has 4 nitrogen and oxygen atoms in total. The highest BCUT2D eigenvalue weighted by Gasteiger charge is 2.33. The first-order valence-electron chi connectivity index (χ1n) is 7.33. The molecule has 2 saturated heterocycles. The minimum absolute atomic E-state index is 0.298. The molecule has 0 aromatic heterocycles. The molecule has 2 aliphatic heterocycles. The van der Waals surface area contributed by atoms with Crippen LogP contribution in [0.5, 0.6) is 0 Å². The number of piperidine rings is 1. The molecule has 2 aliphatic rings. The van der Waals surface area contributed by atoms with Gasteiger partial charge in [0.05, 0.1) is 6.54 Å². The Morgan fingerprint density at radius 3 is 2.56 bits per heavy atom. The number of carbonyl (C=O) groups is 1. The van der Waals surface area contributed by atoms with Crippen LogP contribution in [0.1, 0.15) is 33.1 Å². The molecule has 3 unspecified atom stereocenters. The summed E-state index contributed by atoms with van der Waals surface area (Å²) in [5.74, 6) is 1.58. The lowest BCUT2D eigenvalue weighted by molar-refractivity contribution is -0.132. The van der Waals surface area contributed by atoms with Crippen LogP contribution >= 0.6 is 0 Å². The fraction of sp³-hybridized carbons (Fsp3) is 0.929. The van der Waals surface area contributed by atoms with Crippen LogP contribution in [0.3, 0.4) is 0 Å². The van der Waals surface area contributed by atoms with Crippen LogP contribution in [0.4, 0.5) is 0 Å². The molecule has 0 aromatic carbocycles. The van der Waals surface area contributed by atoms with E-state index < -0.39 is 0 Å². The Morgan fingerprint density at radius 2 is 1.94 bits per heavy atom. The first-order valence-corrected chi connectivity index (χ1v) is 7.33. The normalized spacial score (nSPS) is 33.9. The molecule has 2 rings (SSSR count). The Morgan fingerprint density at radius 1 is 1.28 bits per heavy atom. The fourth-order valence-electron chi connectivity index (χ4n) is 3.57. The molecule has 3 atom stereocenters. The van der Waals surface area contributed by atoms with E-state index in [0.29, 0.717) is 36.9 Å². The second-order valence-electron chi connectivity index (χ2n) is 6.14. The minimum Gasteiger partial charge on any atom is -0.342 e. The van der Waals surface area contributed by atoms with Crippen molar-refractivity contribution in [1.29, 1.82) is 0 Å². The summed E-state index contributed by atoms with van der Waals surface area (Å²) >= 11 is 0. The maximum absolute atomic E-state index is 12.2. The first kappa shape index (κ1) is 13.8. The van der Waals surface area contributed by atoms with Gasteiger partial charge in [-0.15, -0.1) is 0 Å². The average Bonchev–Trinajstić information content (AvgIpc) is 2.81. The van der Waals surface area contributed by atoms with E-state index >= 15 is 0 Å². The van der Waals surface area contributed by atoms with Gasteiger partial charge in [-0.05, 0) is 31.1 Å². The number of nitrogens with two attached hydrogens (primary N) is 1. The van der Waals surface area contributed by atoms with Gasteiger partial charge >= 0.3 is 0 Å². The van der Waals surface area contributed by atoms with Gasteiger partial charge in [-0.25, -0.2) is 0 Å². The van der Waals surface area contributed by atoms with Gasteiger partial charge in [0.1, 0.15) is 0 Å². The van der Waals surface area contributed by atoms with E-state index in [4.69, 9.17) is 5.73 Å². The van der Waals surface area contributed by atoms with Crippen molar-refractivity contribution < 1.29 is 4.79 Å². The third kappa shape index (κ3) is 3.04. The van der Waals surface area contributed by atoms with E-state index in [1.54, 1.807) is 0 Å². The second kappa shape index (κ2) is 6.02. The molecular formula is C14H27N3O. The van der Waals surface area contributed by atoms with Gasteiger partial charge in [-0.1, -0.05) is 13.8 Å². The fourth-order valence-corrected chi connectivity index (χ4v) is 3.57. The molecule has 18 heavy (non-hydrogen) atoms. The van der Waals surface area contributed by atoms with E-state index in [1.165, 1.54) is 19.3 Å². The minimum atomic E-state index is 0.298. The van der Waals surface area contributed by atoms with Crippen molar-refractivity contribution in [2.75, 3.05) is 32.7 Å². The van der Waals surface area contributed by atoms with Crippen molar-refractivity contribution in [2.24, 2.45) is 17.6 Å². The SMILES string of the molecule is CC1CC(C)C(CN)N(CC(=O)N2CCCC2)C1. The maximum Gasteiger partial charge on any atom is 0.236 e. The quantitative estimate of drug-likeness (QED) is 0.813. The lowest BCUT2D eigenvalue weighted by Gasteiger charge is -2.42. The smallest absolute Gasteiger partial charge is 0.236 e. The third-order valence-electron chi connectivity index (χ3n) is 4.48. The Bertz CT molecular complexity index is 289. The molecule has 2 heterocycles. The molecule has 2 N–H and O–H groups in total. The molecule has 0 spiro atoms. The number of hydrogen-bond acceptors (Lipinski definition) is 3. The van der Waals surface area contributed by atoms with Crippen LogP contribution in [0, 0.1) is 11.8 Å². The molecule has 1 amide bonds. The van der Waals surface area contributed by atoms with E-state index in [0.717, 1.165) is 19.6 Å². The lowest BCUT2D eigenvalue weighted by Crippen LogP contribution is -2.54. The summed E-state index contributed by atoms with van der Waals surface area (Å²) in [4.78, 5) is 16.6. The first-order chi connectivity index (χ1) is 8.61. The van der Waals surface area contributed by atoms with Crippen LogP contribution in [0.2, 0.25) is 0 Å². The number of amides is 1. The third-order valence-corrected chi connectivity index (χ3v) is 4.48. The second-order valence-corrected chi connectivity index (χ2v) is 6.14. The van der Waals surface area contributed by atoms with Crippen molar-refractivity contribution in [3.63, 3.8) is 0 Å². The zero-order chi connectivity index (χ0) is 13.1. The predicted molar refractivity (Wildman–Crippen MR) is 73.2 cm³/mol. The summed E-state index contributed by atoms with van der Waals surface area (Å²) in [6.07, 6.45) is 3.56. The largest absolute Gasteiger partial charge is 0.342 e. The summed E-state index contributed by atoms with van der Waals surface area (Å²) in [5.41, 5.74) is 5.89.